The maximum atomic E-state index is 11.0. The van der Waals surface area contributed by atoms with Crippen LogP contribution in [0.4, 0.5) is 5.95 Å². The van der Waals surface area contributed by atoms with Gasteiger partial charge in [-0.05, 0) is 18.9 Å². The minimum Gasteiger partial charge on any atom is -0.481 e. The zero-order valence-electron chi connectivity index (χ0n) is 9.74. The number of carbonyl (C=O) groups excluding carboxylic acids is 1. The van der Waals surface area contributed by atoms with Gasteiger partial charge in [0, 0.05) is 19.3 Å². The van der Waals surface area contributed by atoms with Crippen LogP contribution in [-0.2, 0) is 4.79 Å². The van der Waals surface area contributed by atoms with Crippen LogP contribution in [0.2, 0.25) is 0 Å². The van der Waals surface area contributed by atoms with Crippen LogP contribution in [0.3, 0.4) is 0 Å². The normalized spacial score (nSPS) is 16.6. The van der Waals surface area contributed by atoms with E-state index in [9.17, 15) is 9.59 Å². The summed E-state index contributed by atoms with van der Waals surface area (Å²) in [6.07, 6.45) is 2.59. The molecule has 1 amide bonds. The van der Waals surface area contributed by atoms with Crippen LogP contribution in [0.15, 0.2) is 12.3 Å². The van der Waals surface area contributed by atoms with Crippen LogP contribution in [0.25, 0.3) is 0 Å². The minimum atomic E-state index is -0.763. The fraction of sp³-hybridized carbons (Fsp3) is 0.455. The summed E-state index contributed by atoms with van der Waals surface area (Å²) in [6, 6.07) is 1.45. The Balaban J connectivity index is 2.07. The van der Waals surface area contributed by atoms with Crippen molar-refractivity contribution in [2.75, 3.05) is 18.0 Å². The number of aliphatic carboxylic acids is 1. The van der Waals surface area contributed by atoms with E-state index in [-0.39, 0.29) is 11.6 Å². The van der Waals surface area contributed by atoms with E-state index >= 15 is 0 Å². The molecule has 96 valence electrons. The summed E-state index contributed by atoms with van der Waals surface area (Å²) in [5.41, 5.74) is 5.32. The number of carboxylic acids is 1. The molecule has 1 aromatic rings. The predicted octanol–water partition coefficient (Wildman–Crippen LogP) is -0.124. The summed E-state index contributed by atoms with van der Waals surface area (Å²) >= 11 is 0. The van der Waals surface area contributed by atoms with Crippen molar-refractivity contribution >= 4 is 17.8 Å². The molecule has 1 aliphatic rings. The van der Waals surface area contributed by atoms with Crippen molar-refractivity contribution in [3.63, 3.8) is 0 Å². The number of piperidine rings is 1. The maximum Gasteiger partial charge on any atom is 0.306 e. The second-order valence-electron chi connectivity index (χ2n) is 4.21. The molecular formula is C11H14N4O3. The number of nitrogens with zero attached hydrogens (tertiary/aromatic N) is 3. The molecule has 1 saturated heterocycles. The van der Waals surface area contributed by atoms with E-state index in [0.29, 0.717) is 31.9 Å². The predicted molar refractivity (Wildman–Crippen MR) is 63.1 cm³/mol. The van der Waals surface area contributed by atoms with Gasteiger partial charge in [0.15, 0.2) is 0 Å². The van der Waals surface area contributed by atoms with Crippen LogP contribution >= 0.6 is 0 Å². The van der Waals surface area contributed by atoms with Gasteiger partial charge < -0.3 is 15.7 Å². The highest BCUT2D eigenvalue weighted by Crippen LogP contribution is 2.20. The molecule has 0 unspecified atom stereocenters. The molecule has 0 aromatic carbocycles. The van der Waals surface area contributed by atoms with Crippen molar-refractivity contribution in [3.05, 3.63) is 18.0 Å². The van der Waals surface area contributed by atoms with E-state index in [2.05, 4.69) is 9.97 Å². The lowest BCUT2D eigenvalue weighted by molar-refractivity contribution is -0.142. The van der Waals surface area contributed by atoms with E-state index in [1.807, 2.05) is 4.90 Å². The molecule has 0 radical (unpaired) electrons. The van der Waals surface area contributed by atoms with E-state index < -0.39 is 11.9 Å². The molecule has 0 bridgehead atoms. The van der Waals surface area contributed by atoms with E-state index in [1.165, 1.54) is 12.3 Å². The van der Waals surface area contributed by atoms with E-state index in [4.69, 9.17) is 10.8 Å². The van der Waals surface area contributed by atoms with Crippen LogP contribution in [0.1, 0.15) is 23.3 Å². The monoisotopic (exact) mass is 250 g/mol. The molecule has 0 spiro atoms. The Labute approximate surface area is 104 Å². The number of rotatable bonds is 3. The zero-order valence-corrected chi connectivity index (χ0v) is 9.74. The lowest BCUT2D eigenvalue weighted by atomic mass is 9.97. The van der Waals surface area contributed by atoms with Gasteiger partial charge >= 0.3 is 5.97 Å². The van der Waals surface area contributed by atoms with Crippen molar-refractivity contribution in [3.8, 4) is 0 Å². The summed E-state index contributed by atoms with van der Waals surface area (Å²) in [5.74, 6) is -1.24. The fourth-order valence-corrected chi connectivity index (χ4v) is 1.96. The molecule has 3 N–H and O–H groups in total. The van der Waals surface area contributed by atoms with E-state index in [1.54, 1.807) is 0 Å². The molecule has 1 aromatic heterocycles. The number of primary amides is 1. The number of hydrogen-bond acceptors (Lipinski definition) is 5. The van der Waals surface area contributed by atoms with Crippen LogP contribution in [0.5, 0.6) is 0 Å². The second kappa shape index (κ2) is 4.99. The lowest BCUT2D eigenvalue weighted by Crippen LogP contribution is -2.37. The summed E-state index contributed by atoms with van der Waals surface area (Å²) in [4.78, 5) is 31.8. The number of nitrogens with two attached hydrogens (primary N) is 1. The van der Waals surface area contributed by atoms with Gasteiger partial charge in [-0.25, -0.2) is 9.97 Å². The van der Waals surface area contributed by atoms with Crippen molar-refractivity contribution in [2.24, 2.45) is 11.7 Å². The fourth-order valence-electron chi connectivity index (χ4n) is 1.96. The molecule has 7 heteroatoms. The van der Waals surface area contributed by atoms with Crippen LogP contribution in [-0.4, -0.2) is 40.0 Å². The first-order chi connectivity index (χ1) is 8.58. The smallest absolute Gasteiger partial charge is 0.306 e. The van der Waals surface area contributed by atoms with Gasteiger partial charge in [0.05, 0.1) is 5.92 Å². The first-order valence-electron chi connectivity index (χ1n) is 5.68. The van der Waals surface area contributed by atoms with E-state index in [0.717, 1.165) is 0 Å². The van der Waals surface area contributed by atoms with Crippen molar-refractivity contribution in [2.45, 2.75) is 12.8 Å². The SMILES string of the molecule is NC(=O)c1ccnc(N2CCC(C(=O)O)CC2)n1. The number of aromatic nitrogens is 2. The molecule has 0 atom stereocenters. The number of amides is 1. The van der Waals surface area contributed by atoms with Crippen molar-refractivity contribution < 1.29 is 14.7 Å². The zero-order chi connectivity index (χ0) is 13.1. The van der Waals surface area contributed by atoms with Gasteiger partial charge in [0.2, 0.25) is 5.95 Å². The highest BCUT2D eigenvalue weighted by Gasteiger charge is 2.25. The van der Waals surface area contributed by atoms with Gasteiger partial charge in [-0.15, -0.1) is 0 Å². The van der Waals surface area contributed by atoms with Crippen molar-refractivity contribution in [1.29, 1.82) is 0 Å². The maximum absolute atomic E-state index is 11.0. The third kappa shape index (κ3) is 2.55. The van der Waals surface area contributed by atoms with Gasteiger partial charge in [0.1, 0.15) is 5.69 Å². The average molecular weight is 250 g/mol. The number of anilines is 1. The standard InChI is InChI=1S/C11H14N4O3/c12-9(16)8-1-4-13-11(14-8)15-5-2-7(3-6-15)10(17)18/h1,4,7H,2-3,5-6H2,(H2,12,16)(H,17,18). The molecule has 0 saturated carbocycles. The summed E-state index contributed by atoms with van der Waals surface area (Å²) in [6.45, 7) is 1.14. The topological polar surface area (TPSA) is 109 Å². The second-order valence-corrected chi connectivity index (χ2v) is 4.21. The Morgan fingerprint density at radius 1 is 1.39 bits per heavy atom. The molecule has 7 nitrogen and oxygen atoms in total. The Bertz CT molecular complexity index is 469. The molecule has 0 aliphatic carbocycles. The molecule has 18 heavy (non-hydrogen) atoms. The molecule has 2 rings (SSSR count). The summed E-state index contributed by atoms with van der Waals surface area (Å²) in [7, 11) is 0. The molecular weight excluding hydrogens is 236 g/mol. The quantitative estimate of drug-likeness (QED) is 0.773. The molecule has 1 fully saturated rings. The Hall–Kier alpha value is -2.18. The Morgan fingerprint density at radius 2 is 2.06 bits per heavy atom. The third-order valence-corrected chi connectivity index (χ3v) is 3.02. The summed E-state index contributed by atoms with van der Waals surface area (Å²) < 4.78 is 0. The third-order valence-electron chi connectivity index (χ3n) is 3.02. The number of hydrogen-bond donors (Lipinski definition) is 2. The van der Waals surface area contributed by atoms with Gasteiger partial charge in [-0.1, -0.05) is 0 Å². The van der Waals surface area contributed by atoms with Gasteiger partial charge in [-0.2, -0.15) is 0 Å². The average Bonchev–Trinajstić information content (AvgIpc) is 2.39. The number of carboxylic acid groups (broad SMARTS) is 1. The van der Waals surface area contributed by atoms with Gasteiger partial charge in [0.25, 0.3) is 5.91 Å². The first-order valence-corrected chi connectivity index (χ1v) is 5.68. The molecule has 1 aliphatic heterocycles. The van der Waals surface area contributed by atoms with Gasteiger partial charge in [-0.3, -0.25) is 9.59 Å². The minimum absolute atomic E-state index is 0.167. The first kappa shape index (κ1) is 12.3. The van der Waals surface area contributed by atoms with Crippen LogP contribution < -0.4 is 10.6 Å². The number of carbonyl (C=O) groups is 2. The summed E-state index contributed by atoms with van der Waals surface area (Å²) in [5, 5.41) is 8.90. The highest BCUT2D eigenvalue weighted by atomic mass is 16.4. The largest absolute Gasteiger partial charge is 0.481 e. The Morgan fingerprint density at radius 3 is 2.61 bits per heavy atom. The lowest BCUT2D eigenvalue weighted by Gasteiger charge is -2.30. The van der Waals surface area contributed by atoms with Crippen LogP contribution in [0, 0.1) is 5.92 Å². The van der Waals surface area contributed by atoms with Crippen molar-refractivity contribution in [1.82, 2.24) is 9.97 Å². The highest BCUT2D eigenvalue weighted by molar-refractivity contribution is 5.90. The molecule has 2 heterocycles. The Kier molecular flexibility index (Phi) is 3.40.